The minimum Gasteiger partial charge on any atom is -0.467 e. The van der Waals surface area contributed by atoms with Gasteiger partial charge in [0.2, 0.25) is 0 Å². The fourth-order valence-electron chi connectivity index (χ4n) is 1.06. The molecule has 0 spiro atoms. The highest BCUT2D eigenvalue weighted by Crippen LogP contribution is 2.29. The number of furan rings is 1. The Hall–Kier alpha value is -0.660. The third kappa shape index (κ3) is 5.43. The second-order valence-corrected chi connectivity index (χ2v) is 4.19. The second kappa shape index (κ2) is 6.17. The lowest BCUT2D eigenvalue weighted by Crippen LogP contribution is -2.24. The molecule has 2 N–H and O–H groups in total. The van der Waals surface area contributed by atoms with Crippen molar-refractivity contribution in [1.29, 1.82) is 0 Å². The lowest BCUT2D eigenvalue weighted by Gasteiger charge is -2.09. The van der Waals surface area contributed by atoms with E-state index in [4.69, 9.17) is 4.42 Å². The molecule has 0 bridgehead atoms. The van der Waals surface area contributed by atoms with Crippen LogP contribution in [0.5, 0.6) is 0 Å². The Balaban J connectivity index is 2.08. The van der Waals surface area contributed by atoms with Crippen molar-refractivity contribution in [3.63, 3.8) is 0 Å². The molecule has 0 aromatic carbocycles. The molecule has 1 unspecified atom stereocenters. The molecule has 1 rings (SSSR count). The molecule has 0 fully saturated rings. The second-order valence-electron chi connectivity index (χ2n) is 3.03. The molecular formula is C9H12F3NO2S. The number of aliphatic hydroxyl groups excluding tert-OH is 1. The summed E-state index contributed by atoms with van der Waals surface area (Å²) in [6.07, 6.45) is 0.601. The van der Waals surface area contributed by atoms with Crippen LogP contribution in [-0.4, -0.2) is 29.5 Å². The van der Waals surface area contributed by atoms with E-state index in [1.807, 2.05) is 0 Å². The van der Waals surface area contributed by atoms with Gasteiger partial charge in [0.1, 0.15) is 11.9 Å². The SMILES string of the molecule is OC(CNCCSC(F)(F)F)c1ccco1. The minimum atomic E-state index is -4.19. The number of rotatable bonds is 6. The van der Waals surface area contributed by atoms with Crippen molar-refractivity contribution < 1.29 is 22.7 Å². The molecule has 1 aromatic rings. The standard InChI is InChI=1S/C9H12F3NO2S/c10-9(11,12)16-5-3-13-6-7(14)8-2-1-4-15-8/h1-2,4,7,13-14H,3,5-6H2. The van der Waals surface area contributed by atoms with Gasteiger partial charge in [-0.1, -0.05) is 0 Å². The quantitative estimate of drug-likeness (QED) is 0.765. The first-order chi connectivity index (χ1) is 7.49. The van der Waals surface area contributed by atoms with Gasteiger partial charge < -0.3 is 14.8 Å². The van der Waals surface area contributed by atoms with Crippen LogP contribution in [-0.2, 0) is 0 Å². The topological polar surface area (TPSA) is 45.4 Å². The van der Waals surface area contributed by atoms with E-state index in [1.165, 1.54) is 6.26 Å². The Morgan fingerprint density at radius 3 is 2.81 bits per heavy atom. The van der Waals surface area contributed by atoms with E-state index >= 15 is 0 Å². The Labute approximate surface area is 95.0 Å². The summed E-state index contributed by atoms with van der Waals surface area (Å²) in [5, 5.41) is 12.2. The monoisotopic (exact) mass is 255 g/mol. The first-order valence-electron chi connectivity index (χ1n) is 4.62. The van der Waals surface area contributed by atoms with Gasteiger partial charge in [-0.15, -0.1) is 0 Å². The summed E-state index contributed by atoms with van der Waals surface area (Å²) in [5.41, 5.74) is -4.19. The number of halogens is 3. The van der Waals surface area contributed by atoms with E-state index in [0.29, 0.717) is 5.76 Å². The van der Waals surface area contributed by atoms with Gasteiger partial charge in [-0.2, -0.15) is 13.2 Å². The molecule has 0 aliphatic carbocycles. The van der Waals surface area contributed by atoms with Gasteiger partial charge in [0.05, 0.1) is 6.26 Å². The average molecular weight is 255 g/mol. The van der Waals surface area contributed by atoms with Gasteiger partial charge in [-0.3, -0.25) is 0 Å². The van der Waals surface area contributed by atoms with E-state index in [1.54, 1.807) is 12.1 Å². The van der Waals surface area contributed by atoms with Crippen LogP contribution in [0.2, 0.25) is 0 Å². The molecule has 0 amide bonds. The van der Waals surface area contributed by atoms with E-state index in [0.717, 1.165) is 0 Å². The van der Waals surface area contributed by atoms with E-state index in [9.17, 15) is 18.3 Å². The third-order valence-corrected chi connectivity index (χ3v) is 2.49. The maximum atomic E-state index is 11.7. The van der Waals surface area contributed by atoms with Crippen molar-refractivity contribution in [2.75, 3.05) is 18.8 Å². The van der Waals surface area contributed by atoms with Crippen LogP contribution in [0.4, 0.5) is 13.2 Å². The van der Waals surface area contributed by atoms with Gasteiger partial charge >= 0.3 is 5.51 Å². The average Bonchev–Trinajstić information content (AvgIpc) is 2.67. The molecule has 0 aliphatic rings. The van der Waals surface area contributed by atoms with E-state index in [-0.39, 0.29) is 30.6 Å². The van der Waals surface area contributed by atoms with Crippen molar-refractivity contribution in [3.05, 3.63) is 24.2 Å². The normalized spacial score (nSPS) is 14.0. The van der Waals surface area contributed by atoms with Crippen LogP contribution >= 0.6 is 11.8 Å². The number of hydrogen-bond donors (Lipinski definition) is 2. The van der Waals surface area contributed by atoms with Crippen LogP contribution in [0.25, 0.3) is 0 Å². The molecule has 1 heterocycles. The maximum absolute atomic E-state index is 11.7. The van der Waals surface area contributed by atoms with Crippen LogP contribution in [0.15, 0.2) is 22.8 Å². The number of alkyl halides is 3. The number of hydrogen-bond acceptors (Lipinski definition) is 4. The maximum Gasteiger partial charge on any atom is 0.441 e. The first-order valence-corrected chi connectivity index (χ1v) is 5.60. The van der Waals surface area contributed by atoms with Crippen molar-refractivity contribution >= 4 is 11.8 Å². The van der Waals surface area contributed by atoms with Crippen molar-refractivity contribution in [2.24, 2.45) is 0 Å². The Bertz CT molecular complexity index is 289. The summed E-state index contributed by atoms with van der Waals surface area (Å²) >= 11 is -0.0849. The molecule has 0 saturated heterocycles. The summed E-state index contributed by atoms with van der Waals surface area (Å²) in [5.74, 6) is 0.324. The summed E-state index contributed by atoms with van der Waals surface area (Å²) < 4.78 is 40.1. The Kier molecular flexibility index (Phi) is 5.17. The highest BCUT2D eigenvalue weighted by molar-refractivity contribution is 8.00. The lowest BCUT2D eigenvalue weighted by atomic mass is 10.3. The molecule has 0 aliphatic heterocycles. The smallest absolute Gasteiger partial charge is 0.441 e. The zero-order valence-electron chi connectivity index (χ0n) is 8.33. The zero-order chi connectivity index (χ0) is 12.0. The van der Waals surface area contributed by atoms with Crippen LogP contribution in [0.1, 0.15) is 11.9 Å². The van der Waals surface area contributed by atoms with Gasteiger partial charge in [-0.05, 0) is 23.9 Å². The molecular weight excluding hydrogens is 243 g/mol. The van der Waals surface area contributed by atoms with Crippen LogP contribution in [0, 0.1) is 0 Å². The number of nitrogens with one attached hydrogen (secondary N) is 1. The fourth-order valence-corrected chi connectivity index (χ4v) is 1.54. The Morgan fingerprint density at radius 1 is 1.50 bits per heavy atom. The largest absolute Gasteiger partial charge is 0.467 e. The highest BCUT2D eigenvalue weighted by Gasteiger charge is 2.27. The van der Waals surface area contributed by atoms with Gasteiger partial charge in [-0.25, -0.2) is 0 Å². The molecule has 0 saturated carbocycles. The minimum absolute atomic E-state index is 0.0750. The number of thioether (sulfide) groups is 1. The van der Waals surface area contributed by atoms with Crippen LogP contribution in [0.3, 0.4) is 0 Å². The van der Waals surface area contributed by atoms with Crippen molar-refractivity contribution in [2.45, 2.75) is 11.6 Å². The van der Waals surface area contributed by atoms with E-state index in [2.05, 4.69) is 5.32 Å². The zero-order valence-corrected chi connectivity index (χ0v) is 9.14. The Morgan fingerprint density at radius 2 is 2.25 bits per heavy atom. The lowest BCUT2D eigenvalue weighted by molar-refractivity contribution is -0.0327. The van der Waals surface area contributed by atoms with Gasteiger partial charge in [0, 0.05) is 18.8 Å². The third-order valence-electron chi connectivity index (χ3n) is 1.75. The van der Waals surface area contributed by atoms with E-state index < -0.39 is 11.6 Å². The molecule has 1 atom stereocenters. The fraction of sp³-hybridized carbons (Fsp3) is 0.556. The molecule has 16 heavy (non-hydrogen) atoms. The van der Waals surface area contributed by atoms with Gasteiger partial charge in [0.25, 0.3) is 0 Å². The summed E-state index contributed by atoms with van der Waals surface area (Å²) in [6, 6.07) is 3.24. The highest BCUT2D eigenvalue weighted by atomic mass is 32.2. The summed E-state index contributed by atoms with van der Waals surface area (Å²) in [4.78, 5) is 0. The summed E-state index contributed by atoms with van der Waals surface area (Å²) in [7, 11) is 0. The molecule has 92 valence electrons. The first kappa shape index (κ1) is 13.4. The number of aliphatic hydroxyl groups is 1. The van der Waals surface area contributed by atoms with Crippen LogP contribution < -0.4 is 5.32 Å². The molecule has 1 aromatic heterocycles. The molecule has 7 heteroatoms. The molecule has 0 radical (unpaired) electrons. The van der Waals surface area contributed by atoms with Crippen molar-refractivity contribution in [1.82, 2.24) is 5.32 Å². The van der Waals surface area contributed by atoms with Gasteiger partial charge in [0.15, 0.2) is 0 Å². The predicted molar refractivity (Wildman–Crippen MR) is 55.1 cm³/mol. The van der Waals surface area contributed by atoms with Crippen molar-refractivity contribution in [3.8, 4) is 0 Å². The molecule has 3 nitrogen and oxygen atoms in total. The summed E-state index contributed by atoms with van der Waals surface area (Å²) in [6.45, 7) is 0.355. The predicted octanol–water partition coefficient (Wildman–Crippen LogP) is 2.16.